The van der Waals surface area contributed by atoms with Crippen LogP contribution < -0.4 is 0 Å². The third-order valence-corrected chi connectivity index (χ3v) is 17.4. The van der Waals surface area contributed by atoms with Crippen LogP contribution in [-0.2, 0) is 33.2 Å². The molecule has 362 valence electrons. The van der Waals surface area contributed by atoms with E-state index in [-0.39, 0.29) is 41.3 Å². The molecule has 0 bridgehead atoms. The van der Waals surface area contributed by atoms with Gasteiger partial charge in [0, 0.05) is 12.3 Å². The highest BCUT2D eigenvalue weighted by Gasteiger charge is 2.68. The van der Waals surface area contributed by atoms with E-state index >= 15 is 0 Å². The number of hydrogen-bond donors (Lipinski definition) is 11. The lowest BCUT2D eigenvalue weighted by molar-refractivity contribution is -0.368. The first-order chi connectivity index (χ1) is 29.8. The van der Waals surface area contributed by atoms with Crippen LogP contribution in [0.25, 0.3) is 0 Å². The van der Waals surface area contributed by atoms with Gasteiger partial charge in [-0.05, 0) is 98.7 Å². The molecule has 0 radical (unpaired) electrons. The molecule has 4 aliphatic carbocycles. The molecule has 1 unspecified atom stereocenters. The molecule has 3 saturated carbocycles. The number of allylic oxidation sites excluding steroid dienone is 1. The van der Waals surface area contributed by atoms with Gasteiger partial charge in [-0.3, -0.25) is 0 Å². The second-order valence-electron chi connectivity index (χ2n) is 21.0. The summed E-state index contributed by atoms with van der Waals surface area (Å²) in [7, 11) is 0. The Morgan fingerprint density at radius 2 is 1.38 bits per heavy atom. The molecule has 7 fully saturated rings. The number of aliphatic hydroxyl groups is 11. The van der Waals surface area contributed by atoms with Crippen molar-refractivity contribution in [2.75, 3.05) is 19.8 Å². The van der Waals surface area contributed by atoms with Gasteiger partial charge in [0.15, 0.2) is 24.7 Å². The molecule has 4 heterocycles. The normalized spacial score (nSPS) is 55.0. The lowest BCUT2D eigenvalue weighted by atomic mass is 9.46. The van der Waals surface area contributed by atoms with Gasteiger partial charge in [0.1, 0.15) is 67.1 Å². The molecule has 0 aromatic heterocycles. The second kappa shape index (κ2) is 18.5. The highest BCUT2D eigenvalue weighted by atomic mass is 16.8. The predicted molar refractivity (Wildman–Crippen MR) is 218 cm³/mol. The van der Waals surface area contributed by atoms with Gasteiger partial charge in [0.2, 0.25) is 0 Å². The molecule has 18 nitrogen and oxygen atoms in total. The van der Waals surface area contributed by atoms with Crippen LogP contribution in [0, 0.1) is 46.3 Å². The summed E-state index contributed by atoms with van der Waals surface area (Å²) in [5.74, 6) is 0.118. The van der Waals surface area contributed by atoms with Crippen molar-refractivity contribution in [2.24, 2.45) is 46.3 Å². The first kappa shape index (κ1) is 48.5. The Bertz CT molecular complexity index is 1600. The van der Waals surface area contributed by atoms with Crippen LogP contribution in [0.5, 0.6) is 0 Å². The van der Waals surface area contributed by atoms with E-state index in [1.54, 1.807) is 0 Å². The molecule has 0 amide bonds. The summed E-state index contributed by atoms with van der Waals surface area (Å²) in [6, 6.07) is 0. The van der Waals surface area contributed by atoms with Gasteiger partial charge in [-0.25, -0.2) is 0 Å². The maximum Gasteiger partial charge on any atom is 0.187 e. The van der Waals surface area contributed by atoms with Gasteiger partial charge < -0.3 is 89.3 Å². The molecule has 26 atom stereocenters. The topological polar surface area (TPSA) is 287 Å². The predicted octanol–water partition coefficient (Wildman–Crippen LogP) is -0.831. The average Bonchev–Trinajstić information content (AvgIpc) is 3.70. The number of fused-ring (bicyclic) bond motifs is 7. The van der Waals surface area contributed by atoms with Gasteiger partial charge in [-0.15, -0.1) is 0 Å². The van der Waals surface area contributed by atoms with Crippen molar-refractivity contribution in [3.05, 3.63) is 11.6 Å². The van der Waals surface area contributed by atoms with Crippen molar-refractivity contribution in [3.63, 3.8) is 0 Å². The lowest BCUT2D eigenvalue weighted by Crippen LogP contribution is -2.64. The van der Waals surface area contributed by atoms with Crippen LogP contribution in [0.2, 0.25) is 0 Å². The Morgan fingerprint density at radius 1 is 0.730 bits per heavy atom. The van der Waals surface area contributed by atoms with E-state index in [4.69, 9.17) is 33.2 Å². The summed E-state index contributed by atoms with van der Waals surface area (Å²) in [5, 5.41) is 115. The average molecular weight is 903 g/mol. The van der Waals surface area contributed by atoms with Gasteiger partial charge in [0.25, 0.3) is 0 Å². The van der Waals surface area contributed by atoms with Crippen molar-refractivity contribution in [2.45, 2.75) is 203 Å². The molecule has 0 aromatic rings. The van der Waals surface area contributed by atoms with Crippen LogP contribution in [0.15, 0.2) is 11.6 Å². The van der Waals surface area contributed by atoms with Crippen LogP contribution in [0.4, 0.5) is 0 Å². The fourth-order valence-electron chi connectivity index (χ4n) is 13.5. The van der Waals surface area contributed by atoms with Gasteiger partial charge in [0.05, 0.1) is 38.1 Å². The highest BCUT2D eigenvalue weighted by molar-refractivity contribution is 5.26. The van der Waals surface area contributed by atoms with Gasteiger partial charge in [-0.2, -0.15) is 0 Å². The first-order valence-corrected chi connectivity index (χ1v) is 23.4. The Morgan fingerprint density at radius 3 is 2.08 bits per heavy atom. The van der Waals surface area contributed by atoms with E-state index in [2.05, 4.69) is 26.8 Å². The molecular weight excluding hydrogens is 828 g/mol. The minimum atomic E-state index is -1.65. The molecule has 4 aliphatic heterocycles. The number of hydrogen-bond acceptors (Lipinski definition) is 18. The lowest BCUT2D eigenvalue weighted by Gasteiger charge is -2.59. The number of aliphatic hydroxyl groups excluding tert-OH is 10. The SMILES string of the molecule is C[C@@H](CCC1(O)O[C@H]2C[C@H]3[C@@H]4CCC5=C[C@@H](O[C@@H]6O[C@H](CO)[C@@H](O)[C@H](O)[C@H]6O[C@@H]6O[C@@H](C)[C@H](O)[C@@H](O)[C@H]6O)CC[C@]5(C)[C@H]4CC[C@]3(C)[C@H]2[C@@H]1C)CO[C@@H]1O[C@H](CO)[C@@H](O)[C@H](O)[C@H]1O. The third-order valence-electron chi connectivity index (χ3n) is 17.4. The Hall–Kier alpha value is -0.980. The highest BCUT2D eigenvalue weighted by Crippen LogP contribution is 2.70. The largest absolute Gasteiger partial charge is 0.394 e. The van der Waals surface area contributed by atoms with Crippen molar-refractivity contribution >= 4 is 0 Å². The zero-order valence-corrected chi connectivity index (χ0v) is 37.1. The van der Waals surface area contributed by atoms with Crippen LogP contribution in [0.3, 0.4) is 0 Å². The van der Waals surface area contributed by atoms with E-state index in [9.17, 15) is 56.2 Å². The molecule has 0 aromatic carbocycles. The second-order valence-corrected chi connectivity index (χ2v) is 21.0. The van der Waals surface area contributed by atoms with E-state index in [1.165, 1.54) is 12.5 Å². The molecule has 63 heavy (non-hydrogen) atoms. The molecule has 11 N–H and O–H groups in total. The molecule has 8 rings (SSSR count). The number of rotatable bonds is 12. The standard InChI is InChI=1S/C45H74O18/c1-19(18-57-40-37(54)35(52)32(49)28(16-46)60-40)8-13-45(56)20(2)30-27(63-45)15-26-24-7-6-22-14-23(9-11-43(22,4)25(24)10-12-44(26,30)5)59-42-39(36(53)33(50)29(17-47)61-42)62-41-38(55)34(51)31(48)21(3)58-41/h14,19-21,23-42,46-56H,6-13,15-18H2,1-5H3/t19-,20-,21-,23-,24+,25-,26-,27-,28+,29+,30-,31-,32+,33+,34+,35-,36-,37+,38+,39+,40+,41-,42+,43-,44-,45?/m0/s1. The van der Waals surface area contributed by atoms with E-state index in [1.807, 2.05) is 6.92 Å². The molecule has 0 spiro atoms. The van der Waals surface area contributed by atoms with E-state index in [0.29, 0.717) is 37.0 Å². The summed E-state index contributed by atoms with van der Waals surface area (Å²) in [6.45, 7) is 9.44. The third kappa shape index (κ3) is 8.51. The monoisotopic (exact) mass is 902 g/mol. The molecular formula is C45H74O18. The van der Waals surface area contributed by atoms with Crippen LogP contribution >= 0.6 is 0 Å². The Kier molecular flexibility index (Phi) is 14.2. The summed E-state index contributed by atoms with van der Waals surface area (Å²) >= 11 is 0. The Labute approximate surface area is 369 Å². The summed E-state index contributed by atoms with van der Waals surface area (Å²) in [5.41, 5.74) is 1.24. The first-order valence-electron chi connectivity index (χ1n) is 23.4. The molecule has 18 heteroatoms. The fourth-order valence-corrected chi connectivity index (χ4v) is 13.5. The summed E-state index contributed by atoms with van der Waals surface area (Å²) in [4.78, 5) is 0. The van der Waals surface area contributed by atoms with Crippen LogP contribution in [0.1, 0.15) is 92.4 Å². The fraction of sp³-hybridized carbons (Fsp3) is 0.956. The van der Waals surface area contributed by atoms with E-state index in [0.717, 1.165) is 38.5 Å². The quantitative estimate of drug-likeness (QED) is 0.107. The number of ether oxygens (including phenoxy) is 7. The van der Waals surface area contributed by atoms with Gasteiger partial charge >= 0.3 is 0 Å². The summed E-state index contributed by atoms with van der Waals surface area (Å²) < 4.78 is 42.0. The smallest absolute Gasteiger partial charge is 0.187 e. The minimum absolute atomic E-state index is 0.00497. The van der Waals surface area contributed by atoms with Crippen molar-refractivity contribution < 1.29 is 89.3 Å². The maximum absolute atomic E-state index is 12.0. The molecule has 4 saturated heterocycles. The zero-order chi connectivity index (χ0) is 45.5. The minimum Gasteiger partial charge on any atom is -0.394 e. The molecule has 8 aliphatic rings. The van der Waals surface area contributed by atoms with Gasteiger partial charge in [-0.1, -0.05) is 39.3 Å². The van der Waals surface area contributed by atoms with Crippen molar-refractivity contribution in [3.8, 4) is 0 Å². The zero-order valence-electron chi connectivity index (χ0n) is 37.1. The maximum atomic E-state index is 12.0. The van der Waals surface area contributed by atoms with E-state index < -0.39 is 117 Å². The summed E-state index contributed by atoms with van der Waals surface area (Å²) in [6.07, 6.45) is -11.5. The van der Waals surface area contributed by atoms with Crippen LogP contribution in [-0.4, -0.2) is 186 Å². The van der Waals surface area contributed by atoms with Crippen molar-refractivity contribution in [1.82, 2.24) is 0 Å². The van der Waals surface area contributed by atoms with Crippen molar-refractivity contribution in [1.29, 1.82) is 0 Å². The Balaban J connectivity index is 0.888.